The Kier molecular flexibility index (Phi) is 4.80. The topological polar surface area (TPSA) is 66.5 Å². The van der Waals surface area contributed by atoms with Crippen LogP contribution in [0.25, 0.3) is 0 Å². The molecule has 1 aliphatic heterocycles. The van der Waals surface area contributed by atoms with Crippen LogP contribution in [0.1, 0.15) is 33.6 Å². The summed E-state index contributed by atoms with van der Waals surface area (Å²) in [5, 5.41) is -0.562. The fourth-order valence-electron chi connectivity index (χ4n) is 2.60. The van der Waals surface area contributed by atoms with Crippen LogP contribution in [0.5, 0.6) is 0 Å². The summed E-state index contributed by atoms with van der Waals surface area (Å²) in [6.07, 6.45) is 1.29. The average Bonchev–Trinajstić information content (AvgIpc) is 2.46. The zero-order valence-electron chi connectivity index (χ0n) is 13.4. The van der Waals surface area contributed by atoms with Crippen LogP contribution in [0.4, 0.5) is 5.69 Å². The van der Waals surface area contributed by atoms with Crippen LogP contribution < -0.4 is 4.72 Å². The summed E-state index contributed by atoms with van der Waals surface area (Å²) in [4.78, 5) is 14.0. The molecule has 2 rings (SSSR count). The van der Waals surface area contributed by atoms with Crippen molar-refractivity contribution in [2.24, 2.45) is 5.41 Å². The largest absolute Gasteiger partial charge is 0.341 e. The van der Waals surface area contributed by atoms with Gasteiger partial charge in [0.05, 0.1) is 5.25 Å². The van der Waals surface area contributed by atoms with Gasteiger partial charge in [0, 0.05) is 24.2 Å². The molecule has 1 atom stereocenters. The van der Waals surface area contributed by atoms with Gasteiger partial charge in [0.2, 0.25) is 15.9 Å². The van der Waals surface area contributed by atoms with Gasteiger partial charge < -0.3 is 4.90 Å². The van der Waals surface area contributed by atoms with Crippen LogP contribution in [0, 0.1) is 5.41 Å². The van der Waals surface area contributed by atoms with Crippen molar-refractivity contribution in [3.05, 3.63) is 30.3 Å². The van der Waals surface area contributed by atoms with E-state index in [0.29, 0.717) is 25.1 Å². The van der Waals surface area contributed by atoms with Crippen LogP contribution in [0.2, 0.25) is 0 Å². The fraction of sp³-hybridized carbons (Fsp3) is 0.562. The predicted octanol–water partition coefficient (Wildman–Crippen LogP) is 2.47. The maximum absolute atomic E-state index is 12.5. The van der Waals surface area contributed by atoms with Gasteiger partial charge in [0.15, 0.2) is 0 Å². The molecule has 1 amide bonds. The lowest BCUT2D eigenvalue weighted by Gasteiger charge is -2.36. The Morgan fingerprint density at radius 2 is 1.86 bits per heavy atom. The highest BCUT2D eigenvalue weighted by Crippen LogP contribution is 2.24. The Morgan fingerprint density at radius 3 is 2.45 bits per heavy atom. The highest BCUT2D eigenvalue weighted by molar-refractivity contribution is 7.93. The monoisotopic (exact) mass is 324 g/mol. The van der Waals surface area contributed by atoms with Crippen molar-refractivity contribution in [3.8, 4) is 0 Å². The normalized spacial score (nSPS) is 19.8. The van der Waals surface area contributed by atoms with Crippen LogP contribution in [-0.2, 0) is 14.8 Å². The molecule has 0 spiro atoms. The minimum Gasteiger partial charge on any atom is -0.341 e. The van der Waals surface area contributed by atoms with Crippen LogP contribution in [-0.4, -0.2) is 37.6 Å². The number of nitrogens with one attached hydrogen (secondary N) is 1. The number of hydrogen-bond acceptors (Lipinski definition) is 3. The summed E-state index contributed by atoms with van der Waals surface area (Å²) in [6, 6.07) is 8.85. The molecule has 0 unspecified atom stereocenters. The molecule has 0 aliphatic carbocycles. The van der Waals surface area contributed by atoms with Crippen LogP contribution in [0.15, 0.2) is 30.3 Å². The molecule has 0 saturated carbocycles. The number of piperidine rings is 1. The summed E-state index contributed by atoms with van der Waals surface area (Å²) >= 11 is 0. The lowest BCUT2D eigenvalue weighted by atomic mass is 9.93. The number of para-hydroxylation sites is 1. The second-order valence-electron chi connectivity index (χ2n) is 6.78. The molecule has 1 aromatic carbocycles. The minimum absolute atomic E-state index is 0.00658. The smallest absolute Gasteiger partial charge is 0.237 e. The molecule has 122 valence electrons. The van der Waals surface area contributed by atoms with E-state index in [4.69, 9.17) is 0 Å². The standard InChI is InChI=1S/C16H24N2O3S/c1-16(2,3)15(19)18-11-7-10-14(12-18)22(20,21)17-13-8-5-4-6-9-13/h4-6,8-9,14,17H,7,10-12H2,1-3H3/t14-/m1/s1. The number of likely N-dealkylation sites (tertiary alicyclic amines) is 1. The molecule has 6 heteroatoms. The van der Waals surface area contributed by atoms with Crippen LogP contribution in [0.3, 0.4) is 0 Å². The number of nitrogens with zero attached hydrogens (tertiary/aromatic N) is 1. The lowest BCUT2D eigenvalue weighted by Crippen LogP contribution is -2.49. The van der Waals surface area contributed by atoms with Crippen molar-refractivity contribution < 1.29 is 13.2 Å². The Morgan fingerprint density at radius 1 is 1.23 bits per heavy atom. The van der Waals surface area contributed by atoms with Gasteiger partial charge in [-0.2, -0.15) is 0 Å². The molecule has 1 aliphatic rings. The van der Waals surface area contributed by atoms with Crippen molar-refractivity contribution in [1.82, 2.24) is 4.90 Å². The molecule has 22 heavy (non-hydrogen) atoms. The Labute approximate surface area is 132 Å². The molecule has 0 bridgehead atoms. The Bertz CT molecular complexity index is 621. The van der Waals surface area contributed by atoms with E-state index in [-0.39, 0.29) is 12.5 Å². The second kappa shape index (κ2) is 6.28. The molecule has 0 aromatic heterocycles. The van der Waals surface area contributed by atoms with Crippen LogP contribution >= 0.6 is 0 Å². The summed E-state index contributed by atoms with van der Waals surface area (Å²) in [5.41, 5.74) is 0.0696. The summed E-state index contributed by atoms with van der Waals surface area (Å²) in [7, 11) is -3.49. The third-order valence-electron chi connectivity index (χ3n) is 3.78. The van der Waals surface area contributed by atoms with E-state index in [2.05, 4.69) is 4.72 Å². The highest BCUT2D eigenvalue weighted by atomic mass is 32.2. The number of carbonyl (C=O) groups excluding carboxylic acids is 1. The van der Waals surface area contributed by atoms with Crippen molar-refractivity contribution in [2.75, 3.05) is 17.8 Å². The van der Waals surface area contributed by atoms with Gasteiger partial charge in [0.1, 0.15) is 0 Å². The van der Waals surface area contributed by atoms with E-state index < -0.39 is 20.7 Å². The van der Waals surface area contributed by atoms with Crippen molar-refractivity contribution in [3.63, 3.8) is 0 Å². The van der Waals surface area contributed by atoms with Crippen molar-refractivity contribution in [2.45, 2.75) is 38.9 Å². The van der Waals surface area contributed by atoms with Gasteiger partial charge in [-0.3, -0.25) is 9.52 Å². The van der Waals surface area contributed by atoms with E-state index in [1.54, 1.807) is 29.2 Å². The molecular formula is C16H24N2O3S. The molecule has 1 heterocycles. The number of sulfonamides is 1. The van der Waals surface area contributed by atoms with Gasteiger partial charge in [-0.15, -0.1) is 0 Å². The first-order valence-corrected chi connectivity index (χ1v) is 9.11. The minimum atomic E-state index is -3.49. The maximum Gasteiger partial charge on any atom is 0.237 e. The summed E-state index contributed by atoms with van der Waals surface area (Å²) in [5.74, 6) is 0.00658. The predicted molar refractivity (Wildman–Crippen MR) is 88.0 cm³/mol. The number of rotatable bonds is 3. The van der Waals surface area contributed by atoms with E-state index in [9.17, 15) is 13.2 Å². The number of amides is 1. The van der Waals surface area contributed by atoms with Gasteiger partial charge in [-0.1, -0.05) is 39.0 Å². The maximum atomic E-state index is 12.5. The summed E-state index contributed by atoms with van der Waals surface area (Å²) < 4.78 is 27.7. The first kappa shape index (κ1) is 16.8. The van der Waals surface area contributed by atoms with E-state index in [0.717, 1.165) is 0 Å². The number of carbonyl (C=O) groups is 1. The van der Waals surface area contributed by atoms with Crippen molar-refractivity contribution in [1.29, 1.82) is 0 Å². The van der Waals surface area contributed by atoms with E-state index in [1.807, 2.05) is 26.8 Å². The van der Waals surface area contributed by atoms with E-state index in [1.165, 1.54) is 0 Å². The zero-order chi connectivity index (χ0) is 16.4. The molecule has 0 radical (unpaired) electrons. The molecule has 1 fully saturated rings. The van der Waals surface area contributed by atoms with Gasteiger partial charge in [-0.05, 0) is 25.0 Å². The zero-order valence-corrected chi connectivity index (χ0v) is 14.2. The molecule has 1 N–H and O–H groups in total. The van der Waals surface area contributed by atoms with E-state index >= 15 is 0 Å². The third-order valence-corrected chi connectivity index (χ3v) is 5.56. The molecular weight excluding hydrogens is 300 g/mol. The van der Waals surface area contributed by atoms with Gasteiger partial charge in [-0.25, -0.2) is 8.42 Å². The van der Waals surface area contributed by atoms with Gasteiger partial charge in [0.25, 0.3) is 0 Å². The second-order valence-corrected chi connectivity index (χ2v) is 8.74. The number of hydrogen-bond donors (Lipinski definition) is 1. The van der Waals surface area contributed by atoms with Crippen molar-refractivity contribution >= 4 is 21.6 Å². The third kappa shape index (κ3) is 4.00. The lowest BCUT2D eigenvalue weighted by molar-refractivity contribution is -0.140. The Balaban J connectivity index is 2.10. The molecule has 1 saturated heterocycles. The highest BCUT2D eigenvalue weighted by Gasteiger charge is 2.36. The summed E-state index contributed by atoms with van der Waals surface area (Å²) in [6.45, 7) is 6.47. The average molecular weight is 324 g/mol. The quantitative estimate of drug-likeness (QED) is 0.929. The Hall–Kier alpha value is -1.56. The fourth-order valence-corrected chi connectivity index (χ4v) is 4.09. The molecule has 1 aromatic rings. The number of benzene rings is 1. The number of anilines is 1. The molecule has 5 nitrogen and oxygen atoms in total. The SMILES string of the molecule is CC(C)(C)C(=O)N1CCC[C@@H](S(=O)(=O)Nc2ccccc2)C1. The van der Waals surface area contributed by atoms with Gasteiger partial charge >= 0.3 is 0 Å². The first-order chi connectivity index (χ1) is 10.2. The first-order valence-electron chi connectivity index (χ1n) is 7.56.